The Bertz CT molecular complexity index is 402. The molecule has 0 spiro atoms. The van der Waals surface area contributed by atoms with Gasteiger partial charge in [0.2, 0.25) is 5.88 Å². The van der Waals surface area contributed by atoms with Gasteiger partial charge in [-0.3, -0.25) is 0 Å². The first kappa shape index (κ1) is 6.97. The Labute approximate surface area is 69.3 Å². The van der Waals surface area contributed by atoms with Gasteiger partial charge in [0, 0.05) is 17.6 Å². The summed E-state index contributed by atoms with van der Waals surface area (Å²) < 4.78 is 4.96. The molecule has 4 heteroatoms. The maximum Gasteiger partial charge on any atom is 0.213 e. The van der Waals surface area contributed by atoms with E-state index in [0.717, 1.165) is 10.9 Å². The largest absolute Gasteiger partial charge is 0.481 e. The highest BCUT2D eigenvalue weighted by molar-refractivity contribution is 5.77. The van der Waals surface area contributed by atoms with Crippen LogP contribution in [0.3, 0.4) is 0 Å². The highest BCUT2D eigenvalue weighted by atomic mass is 16.5. The lowest BCUT2D eigenvalue weighted by atomic mass is 10.3. The van der Waals surface area contributed by atoms with Crippen LogP contribution >= 0.6 is 0 Å². The molecule has 4 nitrogen and oxygen atoms in total. The number of hydrogen-bond donors (Lipinski definition) is 0. The van der Waals surface area contributed by atoms with E-state index in [-0.39, 0.29) is 0 Å². The summed E-state index contributed by atoms with van der Waals surface area (Å²) >= 11 is 0. The molecule has 0 saturated heterocycles. The van der Waals surface area contributed by atoms with Crippen LogP contribution in [0.4, 0.5) is 0 Å². The molecule has 0 amide bonds. The smallest absolute Gasteiger partial charge is 0.213 e. The summed E-state index contributed by atoms with van der Waals surface area (Å²) in [6.45, 7) is 0. The van der Waals surface area contributed by atoms with Crippen LogP contribution in [0.5, 0.6) is 5.88 Å². The van der Waals surface area contributed by atoms with E-state index in [1.807, 2.05) is 0 Å². The summed E-state index contributed by atoms with van der Waals surface area (Å²) in [5, 5.41) is 0.935. The molecule has 0 atom stereocenters. The first-order chi connectivity index (χ1) is 5.90. The standard InChI is InChI=1S/C8H7N3O/c1-12-8-2-6-3-9-5-11-7(6)4-10-8/h2-5H,1H3. The Morgan fingerprint density at radius 2 is 2.17 bits per heavy atom. The molecule has 0 N–H and O–H groups in total. The lowest BCUT2D eigenvalue weighted by molar-refractivity contribution is 0.398. The molecule has 0 aliphatic carbocycles. The van der Waals surface area contributed by atoms with Gasteiger partial charge in [-0.05, 0) is 0 Å². The lowest BCUT2D eigenvalue weighted by Crippen LogP contribution is -1.88. The van der Waals surface area contributed by atoms with Gasteiger partial charge in [-0.1, -0.05) is 0 Å². The minimum Gasteiger partial charge on any atom is -0.481 e. The summed E-state index contributed by atoms with van der Waals surface area (Å²) in [6.07, 6.45) is 4.89. The monoisotopic (exact) mass is 161 g/mol. The summed E-state index contributed by atoms with van der Waals surface area (Å²) in [5.74, 6) is 0.581. The number of nitrogens with zero attached hydrogens (tertiary/aromatic N) is 3. The van der Waals surface area contributed by atoms with Crippen LogP contribution in [0, 0.1) is 0 Å². The fourth-order valence-corrected chi connectivity index (χ4v) is 0.976. The predicted molar refractivity (Wildman–Crippen MR) is 43.9 cm³/mol. The second-order valence-electron chi connectivity index (χ2n) is 2.31. The van der Waals surface area contributed by atoms with E-state index in [2.05, 4.69) is 15.0 Å². The molecular weight excluding hydrogens is 154 g/mol. The fourth-order valence-electron chi connectivity index (χ4n) is 0.976. The van der Waals surface area contributed by atoms with Crippen LogP contribution in [0.15, 0.2) is 24.8 Å². The van der Waals surface area contributed by atoms with Crippen molar-refractivity contribution in [3.8, 4) is 5.88 Å². The van der Waals surface area contributed by atoms with E-state index < -0.39 is 0 Å². The molecule has 0 fully saturated rings. The minimum absolute atomic E-state index is 0.581. The van der Waals surface area contributed by atoms with E-state index in [9.17, 15) is 0 Å². The molecule has 0 saturated carbocycles. The summed E-state index contributed by atoms with van der Waals surface area (Å²) in [4.78, 5) is 11.9. The van der Waals surface area contributed by atoms with Crippen molar-refractivity contribution in [2.75, 3.05) is 7.11 Å². The van der Waals surface area contributed by atoms with Crippen molar-refractivity contribution in [2.24, 2.45) is 0 Å². The highest BCUT2D eigenvalue weighted by Gasteiger charge is 1.96. The summed E-state index contributed by atoms with van der Waals surface area (Å²) in [5.41, 5.74) is 0.825. The molecule has 0 radical (unpaired) electrons. The Morgan fingerprint density at radius 3 is 3.00 bits per heavy atom. The van der Waals surface area contributed by atoms with Gasteiger partial charge in [-0.2, -0.15) is 0 Å². The second-order valence-corrected chi connectivity index (χ2v) is 2.31. The van der Waals surface area contributed by atoms with E-state index in [1.54, 1.807) is 25.6 Å². The van der Waals surface area contributed by atoms with Crippen molar-refractivity contribution in [1.29, 1.82) is 0 Å². The van der Waals surface area contributed by atoms with E-state index in [1.165, 1.54) is 6.33 Å². The molecule has 0 unspecified atom stereocenters. The molecule has 0 bridgehead atoms. The van der Waals surface area contributed by atoms with Gasteiger partial charge in [0.25, 0.3) is 0 Å². The van der Waals surface area contributed by atoms with E-state index in [4.69, 9.17) is 4.74 Å². The van der Waals surface area contributed by atoms with E-state index in [0.29, 0.717) is 5.88 Å². The molecule has 0 aliphatic rings. The molecule has 0 aromatic carbocycles. The van der Waals surface area contributed by atoms with Crippen LogP contribution in [0.1, 0.15) is 0 Å². The third-order valence-electron chi connectivity index (χ3n) is 1.58. The van der Waals surface area contributed by atoms with Crippen LogP contribution in [-0.2, 0) is 0 Å². The maximum absolute atomic E-state index is 4.96. The van der Waals surface area contributed by atoms with Crippen molar-refractivity contribution in [3.63, 3.8) is 0 Å². The van der Waals surface area contributed by atoms with Gasteiger partial charge in [-0.25, -0.2) is 15.0 Å². The van der Waals surface area contributed by atoms with Crippen molar-refractivity contribution < 1.29 is 4.74 Å². The van der Waals surface area contributed by atoms with Gasteiger partial charge < -0.3 is 4.74 Å². The van der Waals surface area contributed by atoms with Crippen LogP contribution < -0.4 is 4.74 Å². The Hall–Kier alpha value is -1.71. The van der Waals surface area contributed by atoms with E-state index >= 15 is 0 Å². The zero-order chi connectivity index (χ0) is 8.39. The zero-order valence-corrected chi connectivity index (χ0v) is 6.56. The third kappa shape index (κ3) is 1.07. The minimum atomic E-state index is 0.581. The number of pyridine rings is 1. The van der Waals surface area contributed by atoms with Gasteiger partial charge in [-0.15, -0.1) is 0 Å². The number of methoxy groups -OCH3 is 1. The molecule has 2 heterocycles. The van der Waals surface area contributed by atoms with Crippen molar-refractivity contribution in [3.05, 3.63) is 24.8 Å². The third-order valence-corrected chi connectivity index (χ3v) is 1.58. The number of fused-ring (bicyclic) bond motifs is 1. The Balaban J connectivity index is 2.67. The normalized spacial score (nSPS) is 10.1. The quantitative estimate of drug-likeness (QED) is 0.626. The maximum atomic E-state index is 4.96. The number of ether oxygens (including phenoxy) is 1. The Kier molecular flexibility index (Phi) is 1.59. The SMILES string of the molecule is COc1cc2cncnc2cn1. The van der Waals surface area contributed by atoms with Crippen molar-refractivity contribution >= 4 is 10.9 Å². The van der Waals surface area contributed by atoms with Gasteiger partial charge in [0.15, 0.2) is 0 Å². The average molecular weight is 161 g/mol. The number of hydrogen-bond acceptors (Lipinski definition) is 4. The molecule has 2 aromatic heterocycles. The van der Waals surface area contributed by atoms with Crippen LogP contribution in [0.25, 0.3) is 10.9 Å². The number of rotatable bonds is 1. The van der Waals surface area contributed by atoms with Gasteiger partial charge >= 0.3 is 0 Å². The molecule has 0 aliphatic heterocycles. The van der Waals surface area contributed by atoms with Crippen LogP contribution in [0.2, 0.25) is 0 Å². The van der Waals surface area contributed by atoms with Crippen LogP contribution in [-0.4, -0.2) is 22.1 Å². The summed E-state index contributed by atoms with van der Waals surface area (Å²) in [6, 6.07) is 1.80. The average Bonchev–Trinajstić information content (AvgIpc) is 2.17. The molecule has 2 rings (SSSR count). The van der Waals surface area contributed by atoms with Crippen molar-refractivity contribution in [1.82, 2.24) is 15.0 Å². The van der Waals surface area contributed by atoms with Gasteiger partial charge in [0.1, 0.15) is 6.33 Å². The molecular formula is C8H7N3O. The first-order valence-corrected chi connectivity index (χ1v) is 3.50. The lowest BCUT2D eigenvalue weighted by Gasteiger charge is -1.98. The van der Waals surface area contributed by atoms with Gasteiger partial charge in [0.05, 0.1) is 18.8 Å². The van der Waals surface area contributed by atoms with Crippen molar-refractivity contribution in [2.45, 2.75) is 0 Å². The summed E-state index contributed by atoms with van der Waals surface area (Å²) in [7, 11) is 1.58. The first-order valence-electron chi connectivity index (χ1n) is 3.50. The molecule has 12 heavy (non-hydrogen) atoms. The highest BCUT2D eigenvalue weighted by Crippen LogP contribution is 2.13. The molecule has 60 valence electrons. The zero-order valence-electron chi connectivity index (χ0n) is 6.56. The second kappa shape index (κ2) is 2.73. The predicted octanol–water partition coefficient (Wildman–Crippen LogP) is 1.03. The fraction of sp³-hybridized carbons (Fsp3) is 0.125. The number of aromatic nitrogens is 3. The molecule has 2 aromatic rings. The Morgan fingerprint density at radius 1 is 1.25 bits per heavy atom. The topological polar surface area (TPSA) is 47.9 Å².